The number of carbonyl (C=O) groups is 1. The van der Waals surface area contributed by atoms with Crippen molar-refractivity contribution in [2.45, 2.75) is 65.5 Å². The van der Waals surface area contributed by atoms with Gasteiger partial charge in [0.15, 0.2) is 0 Å². The average Bonchev–Trinajstić information content (AvgIpc) is 2.38. The Morgan fingerprint density at radius 3 is 2.60 bits per heavy atom. The molecular formula is C16H32N2O2. The largest absolute Gasteiger partial charge is 0.393 e. The average molecular weight is 284 g/mol. The highest BCUT2D eigenvalue weighted by Crippen LogP contribution is 2.23. The van der Waals surface area contributed by atoms with Crippen LogP contribution in [0, 0.1) is 11.8 Å². The summed E-state index contributed by atoms with van der Waals surface area (Å²) in [6.45, 7) is 11.2. The topological polar surface area (TPSA) is 52.6 Å². The summed E-state index contributed by atoms with van der Waals surface area (Å²) in [4.78, 5) is 14.3. The SMILES string of the molecule is CCCN1CC(CC(O)CC)CC(NC(=O)C(C)C)C1. The molecule has 0 radical (unpaired) electrons. The van der Waals surface area contributed by atoms with Crippen LogP contribution < -0.4 is 5.32 Å². The second-order valence-electron chi connectivity index (χ2n) is 6.52. The number of hydrogen-bond acceptors (Lipinski definition) is 3. The lowest BCUT2D eigenvalue weighted by Gasteiger charge is -2.39. The number of aliphatic hydroxyl groups excluding tert-OH is 1. The minimum absolute atomic E-state index is 0.0382. The third-order valence-corrected chi connectivity index (χ3v) is 4.10. The molecule has 118 valence electrons. The molecule has 20 heavy (non-hydrogen) atoms. The van der Waals surface area contributed by atoms with E-state index >= 15 is 0 Å². The number of hydrogen-bond donors (Lipinski definition) is 2. The predicted octanol–water partition coefficient (Wildman–Crippen LogP) is 2.02. The van der Waals surface area contributed by atoms with Gasteiger partial charge in [0.25, 0.3) is 0 Å². The van der Waals surface area contributed by atoms with Gasteiger partial charge in [-0.1, -0.05) is 27.7 Å². The molecule has 3 unspecified atom stereocenters. The van der Waals surface area contributed by atoms with Gasteiger partial charge >= 0.3 is 0 Å². The maximum Gasteiger partial charge on any atom is 0.222 e. The number of piperidine rings is 1. The number of nitrogens with zero attached hydrogens (tertiary/aromatic N) is 1. The van der Waals surface area contributed by atoms with Gasteiger partial charge in [-0.15, -0.1) is 0 Å². The van der Waals surface area contributed by atoms with E-state index < -0.39 is 0 Å². The zero-order valence-corrected chi connectivity index (χ0v) is 13.6. The lowest BCUT2D eigenvalue weighted by atomic mass is 9.88. The summed E-state index contributed by atoms with van der Waals surface area (Å²) in [5, 5.41) is 13.0. The molecule has 1 rings (SSSR count). The van der Waals surface area contributed by atoms with E-state index in [2.05, 4.69) is 17.1 Å². The molecule has 1 amide bonds. The Balaban J connectivity index is 2.57. The molecule has 0 saturated carbocycles. The molecule has 0 aliphatic carbocycles. The molecular weight excluding hydrogens is 252 g/mol. The number of carbonyl (C=O) groups excluding carboxylic acids is 1. The van der Waals surface area contributed by atoms with E-state index in [-0.39, 0.29) is 24.0 Å². The quantitative estimate of drug-likeness (QED) is 0.752. The van der Waals surface area contributed by atoms with Gasteiger partial charge in [-0.2, -0.15) is 0 Å². The third kappa shape index (κ3) is 5.80. The van der Waals surface area contributed by atoms with Crippen molar-refractivity contribution in [3.8, 4) is 0 Å². The first-order valence-corrected chi connectivity index (χ1v) is 8.17. The molecule has 2 N–H and O–H groups in total. The van der Waals surface area contributed by atoms with Gasteiger partial charge in [-0.05, 0) is 38.1 Å². The Morgan fingerprint density at radius 1 is 1.35 bits per heavy atom. The minimum atomic E-state index is -0.206. The van der Waals surface area contributed by atoms with Crippen molar-refractivity contribution < 1.29 is 9.90 Å². The normalized spacial score (nSPS) is 25.7. The number of likely N-dealkylation sites (tertiary alicyclic amines) is 1. The summed E-state index contributed by atoms with van der Waals surface area (Å²) in [7, 11) is 0. The summed E-state index contributed by atoms with van der Waals surface area (Å²) < 4.78 is 0. The molecule has 1 fully saturated rings. The highest BCUT2D eigenvalue weighted by molar-refractivity contribution is 5.78. The van der Waals surface area contributed by atoms with Crippen molar-refractivity contribution in [1.82, 2.24) is 10.2 Å². The highest BCUT2D eigenvalue weighted by atomic mass is 16.3. The van der Waals surface area contributed by atoms with E-state index in [0.717, 1.165) is 45.3 Å². The molecule has 1 aliphatic heterocycles. The first kappa shape index (κ1) is 17.4. The van der Waals surface area contributed by atoms with Crippen LogP contribution in [0.5, 0.6) is 0 Å². The van der Waals surface area contributed by atoms with Crippen LogP contribution in [0.15, 0.2) is 0 Å². The monoisotopic (exact) mass is 284 g/mol. The molecule has 1 aliphatic rings. The molecule has 1 heterocycles. The Bertz CT molecular complexity index is 294. The molecule has 0 bridgehead atoms. The first-order chi connectivity index (χ1) is 9.46. The Kier molecular flexibility index (Phi) is 7.52. The summed E-state index contributed by atoms with van der Waals surface area (Å²) >= 11 is 0. The van der Waals surface area contributed by atoms with Crippen molar-refractivity contribution in [1.29, 1.82) is 0 Å². The molecule has 1 saturated heterocycles. The van der Waals surface area contributed by atoms with E-state index in [0.29, 0.717) is 5.92 Å². The van der Waals surface area contributed by atoms with Crippen LogP contribution in [-0.4, -0.2) is 47.7 Å². The van der Waals surface area contributed by atoms with E-state index in [4.69, 9.17) is 0 Å². The number of amides is 1. The lowest BCUT2D eigenvalue weighted by molar-refractivity contribution is -0.125. The van der Waals surface area contributed by atoms with Crippen molar-refractivity contribution in [2.24, 2.45) is 11.8 Å². The second kappa shape index (κ2) is 8.63. The van der Waals surface area contributed by atoms with Crippen molar-refractivity contribution in [3.63, 3.8) is 0 Å². The van der Waals surface area contributed by atoms with Crippen LogP contribution in [0.1, 0.15) is 53.4 Å². The Morgan fingerprint density at radius 2 is 2.05 bits per heavy atom. The van der Waals surface area contributed by atoms with Gasteiger partial charge in [-0.25, -0.2) is 0 Å². The fourth-order valence-corrected chi connectivity index (χ4v) is 3.00. The van der Waals surface area contributed by atoms with Gasteiger partial charge in [0.05, 0.1) is 6.10 Å². The van der Waals surface area contributed by atoms with Crippen molar-refractivity contribution >= 4 is 5.91 Å². The van der Waals surface area contributed by atoms with Crippen LogP contribution in [0.4, 0.5) is 0 Å². The fourth-order valence-electron chi connectivity index (χ4n) is 3.00. The molecule has 0 aromatic carbocycles. The standard InChI is InChI=1S/C16H32N2O2/c1-5-7-18-10-13(9-15(19)6-2)8-14(11-18)17-16(20)12(3)4/h12-15,19H,5-11H2,1-4H3,(H,17,20). The van der Waals surface area contributed by atoms with Crippen molar-refractivity contribution in [2.75, 3.05) is 19.6 Å². The molecule has 0 spiro atoms. The van der Waals surface area contributed by atoms with Crippen molar-refractivity contribution in [3.05, 3.63) is 0 Å². The summed E-state index contributed by atoms with van der Waals surface area (Å²) in [5.41, 5.74) is 0. The van der Waals surface area contributed by atoms with E-state index in [1.807, 2.05) is 20.8 Å². The van der Waals surface area contributed by atoms with Crippen LogP contribution >= 0.6 is 0 Å². The summed E-state index contributed by atoms with van der Waals surface area (Å²) in [6, 6.07) is 0.235. The van der Waals surface area contributed by atoms with Crippen LogP contribution in [0.2, 0.25) is 0 Å². The number of rotatable bonds is 7. The maximum atomic E-state index is 11.9. The maximum absolute atomic E-state index is 11.9. The van der Waals surface area contributed by atoms with Gasteiger partial charge < -0.3 is 15.3 Å². The van der Waals surface area contributed by atoms with Crippen LogP contribution in [0.3, 0.4) is 0 Å². The minimum Gasteiger partial charge on any atom is -0.393 e. The van der Waals surface area contributed by atoms with E-state index in [9.17, 15) is 9.90 Å². The van der Waals surface area contributed by atoms with E-state index in [1.54, 1.807) is 0 Å². The summed E-state index contributed by atoms with van der Waals surface area (Å²) in [5.74, 6) is 0.669. The lowest BCUT2D eigenvalue weighted by Crippen LogP contribution is -2.52. The first-order valence-electron chi connectivity index (χ1n) is 8.17. The van der Waals surface area contributed by atoms with Gasteiger partial charge in [0.1, 0.15) is 0 Å². The van der Waals surface area contributed by atoms with Gasteiger partial charge in [0.2, 0.25) is 5.91 Å². The molecule has 0 aromatic heterocycles. The van der Waals surface area contributed by atoms with Gasteiger partial charge in [0, 0.05) is 25.0 Å². The predicted molar refractivity (Wildman–Crippen MR) is 82.5 cm³/mol. The highest BCUT2D eigenvalue weighted by Gasteiger charge is 2.29. The van der Waals surface area contributed by atoms with Gasteiger partial charge in [-0.3, -0.25) is 4.79 Å². The Hall–Kier alpha value is -0.610. The zero-order chi connectivity index (χ0) is 15.1. The molecule has 3 atom stereocenters. The number of nitrogens with one attached hydrogen (secondary N) is 1. The molecule has 4 nitrogen and oxygen atoms in total. The third-order valence-electron chi connectivity index (χ3n) is 4.10. The molecule has 4 heteroatoms. The van der Waals surface area contributed by atoms with E-state index in [1.165, 1.54) is 0 Å². The fraction of sp³-hybridized carbons (Fsp3) is 0.938. The smallest absolute Gasteiger partial charge is 0.222 e. The second-order valence-corrected chi connectivity index (χ2v) is 6.52. The van der Waals surface area contributed by atoms with Crippen LogP contribution in [-0.2, 0) is 4.79 Å². The molecule has 0 aromatic rings. The Labute approximate surface area is 123 Å². The zero-order valence-electron chi connectivity index (χ0n) is 13.6. The summed E-state index contributed by atoms with van der Waals surface area (Å²) in [6.07, 6.45) is 3.59. The van der Waals surface area contributed by atoms with Crippen LogP contribution in [0.25, 0.3) is 0 Å². The number of aliphatic hydroxyl groups is 1.